The first-order valence-corrected chi connectivity index (χ1v) is 8.94. The molecular formula is C16H20N2O4S. The van der Waals surface area contributed by atoms with E-state index in [4.69, 9.17) is 15.2 Å². The Labute approximate surface area is 136 Å². The molecule has 0 aromatic heterocycles. The van der Waals surface area contributed by atoms with E-state index in [1.807, 2.05) is 6.07 Å². The van der Waals surface area contributed by atoms with Crippen molar-refractivity contribution in [3.63, 3.8) is 0 Å². The molecule has 23 heavy (non-hydrogen) atoms. The molecule has 2 N–H and O–H groups in total. The highest BCUT2D eigenvalue weighted by Crippen LogP contribution is 2.46. The molecule has 1 aliphatic carbocycles. The highest BCUT2D eigenvalue weighted by atomic mass is 32.2. The van der Waals surface area contributed by atoms with Crippen LogP contribution in [-0.2, 0) is 19.1 Å². The first-order valence-electron chi connectivity index (χ1n) is 7.47. The molecule has 1 aliphatic rings. The molecule has 2 atom stereocenters. The molecule has 0 heterocycles. The van der Waals surface area contributed by atoms with Gasteiger partial charge in [-0.3, -0.25) is 8.98 Å². The van der Waals surface area contributed by atoms with Crippen LogP contribution in [0.5, 0.6) is 0 Å². The van der Waals surface area contributed by atoms with E-state index >= 15 is 0 Å². The fourth-order valence-corrected chi connectivity index (χ4v) is 3.83. The number of rotatable bonds is 5. The van der Waals surface area contributed by atoms with Gasteiger partial charge in [-0.05, 0) is 50.8 Å². The van der Waals surface area contributed by atoms with Gasteiger partial charge < -0.3 is 5.73 Å². The van der Waals surface area contributed by atoms with Gasteiger partial charge in [0, 0.05) is 5.92 Å². The van der Waals surface area contributed by atoms with Gasteiger partial charge in [0.15, 0.2) is 5.60 Å². The zero-order chi connectivity index (χ0) is 17.3. The highest BCUT2D eigenvalue weighted by Gasteiger charge is 2.53. The fourth-order valence-electron chi connectivity index (χ4n) is 2.94. The summed E-state index contributed by atoms with van der Waals surface area (Å²) in [6.45, 7) is 2.99. The van der Waals surface area contributed by atoms with Crippen molar-refractivity contribution < 1.29 is 17.4 Å². The molecular weight excluding hydrogens is 316 g/mol. The topological polar surface area (TPSA) is 110 Å². The van der Waals surface area contributed by atoms with Crippen molar-refractivity contribution in [2.24, 2.45) is 5.73 Å². The maximum Gasteiger partial charge on any atom is 0.270 e. The molecule has 1 amide bonds. The van der Waals surface area contributed by atoms with Gasteiger partial charge >= 0.3 is 0 Å². The summed E-state index contributed by atoms with van der Waals surface area (Å²) in [5.41, 5.74) is 5.23. The van der Waals surface area contributed by atoms with Crippen LogP contribution >= 0.6 is 0 Å². The molecule has 6 nitrogen and oxygen atoms in total. The Morgan fingerprint density at radius 3 is 2.48 bits per heavy atom. The SMILES string of the molecule is CC(C)S(=O)(=O)OC1(C(N)=O)CCCC1c1ccc(C#N)cc1. The fraction of sp³-hybridized carbons (Fsp3) is 0.500. The lowest BCUT2D eigenvalue weighted by Crippen LogP contribution is -2.50. The average Bonchev–Trinajstić information content (AvgIpc) is 2.91. The van der Waals surface area contributed by atoms with Gasteiger partial charge in [-0.15, -0.1) is 0 Å². The molecule has 124 valence electrons. The standard InChI is InChI=1S/C16H20N2O4S/c1-11(2)23(20,21)22-16(15(18)19)9-3-4-14(16)13-7-5-12(10-17)6-8-13/h5-8,11,14H,3-4,9H2,1-2H3,(H2,18,19). The van der Waals surface area contributed by atoms with Crippen LogP contribution < -0.4 is 5.73 Å². The highest BCUT2D eigenvalue weighted by molar-refractivity contribution is 7.87. The number of hydrogen-bond donors (Lipinski definition) is 1. The Bertz CT molecular complexity index is 734. The van der Waals surface area contributed by atoms with Gasteiger partial charge in [0.1, 0.15) is 0 Å². The molecule has 1 fully saturated rings. The van der Waals surface area contributed by atoms with Crippen LogP contribution in [0.2, 0.25) is 0 Å². The third kappa shape index (κ3) is 3.23. The molecule has 1 saturated carbocycles. The molecule has 0 bridgehead atoms. The number of nitrogens with zero attached hydrogens (tertiary/aromatic N) is 1. The van der Waals surface area contributed by atoms with Gasteiger partial charge in [0.2, 0.25) is 0 Å². The van der Waals surface area contributed by atoms with Gasteiger partial charge in [-0.1, -0.05) is 12.1 Å². The van der Waals surface area contributed by atoms with Crippen LogP contribution in [0, 0.1) is 11.3 Å². The Morgan fingerprint density at radius 2 is 2.00 bits per heavy atom. The summed E-state index contributed by atoms with van der Waals surface area (Å²) in [5.74, 6) is -1.21. The summed E-state index contributed by atoms with van der Waals surface area (Å²) in [5, 5.41) is 8.11. The zero-order valence-electron chi connectivity index (χ0n) is 13.2. The molecule has 1 aromatic carbocycles. The minimum atomic E-state index is -3.89. The summed E-state index contributed by atoms with van der Waals surface area (Å²) in [4.78, 5) is 12.1. The van der Waals surface area contributed by atoms with Crippen LogP contribution in [0.15, 0.2) is 24.3 Å². The maximum atomic E-state index is 12.2. The minimum Gasteiger partial charge on any atom is -0.367 e. The number of carbonyl (C=O) groups is 1. The largest absolute Gasteiger partial charge is 0.367 e. The summed E-state index contributed by atoms with van der Waals surface area (Å²) in [6, 6.07) is 8.73. The van der Waals surface area contributed by atoms with Crippen molar-refractivity contribution in [1.29, 1.82) is 5.26 Å². The van der Waals surface area contributed by atoms with E-state index in [2.05, 4.69) is 0 Å². The average molecular weight is 336 g/mol. The van der Waals surface area contributed by atoms with Crippen molar-refractivity contribution >= 4 is 16.0 Å². The summed E-state index contributed by atoms with van der Waals surface area (Å²) < 4.78 is 29.8. The summed E-state index contributed by atoms with van der Waals surface area (Å²) in [7, 11) is -3.89. The molecule has 1 aromatic rings. The summed E-state index contributed by atoms with van der Waals surface area (Å²) >= 11 is 0. The van der Waals surface area contributed by atoms with E-state index in [-0.39, 0.29) is 6.42 Å². The first kappa shape index (κ1) is 17.4. The third-order valence-electron chi connectivity index (χ3n) is 4.31. The Morgan fingerprint density at radius 1 is 1.39 bits per heavy atom. The molecule has 0 saturated heterocycles. The molecule has 0 radical (unpaired) electrons. The number of amides is 1. The number of primary amides is 1. The Hall–Kier alpha value is -1.91. The van der Waals surface area contributed by atoms with Gasteiger partial charge in [-0.2, -0.15) is 13.7 Å². The van der Waals surface area contributed by atoms with Crippen LogP contribution in [0.3, 0.4) is 0 Å². The van der Waals surface area contributed by atoms with Crippen molar-refractivity contribution in [1.82, 2.24) is 0 Å². The molecule has 0 spiro atoms. The number of carbonyl (C=O) groups excluding carboxylic acids is 1. The van der Waals surface area contributed by atoms with E-state index < -0.39 is 32.8 Å². The Kier molecular flexibility index (Phi) is 4.78. The third-order valence-corrected chi connectivity index (χ3v) is 5.99. The zero-order valence-corrected chi connectivity index (χ0v) is 14.0. The number of benzene rings is 1. The predicted octanol–water partition coefficient (Wildman–Crippen LogP) is 1.80. The molecule has 7 heteroatoms. The van der Waals surface area contributed by atoms with E-state index in [1.54, 1.807) is 24.3 Å². The van der Waals surface area contributed by atoms with Crippen molar-refractivity contribution in [2.45, 2.75) is 49.9 Å². The first-order chi connectivity index (χ1) is 10.7. The van der Waals surface area contributed by atoms with Crippen molar-refractivity contribution in [3.05, 3.63) is 35.4 Å². The monoisotopic (exact) mass is 336 g/mol. The molecule has 2 rings (SSSR count). The normalized spacial score (nSPS) is 24.5. The van der Waals surface area contributed by atoms with Crippen LogP contribution in [0.4, 0.5) is 0 Å². The van der Waals surface area contributed by atoms with E-state index in [1.165, 1.54) is 13.8 Å². The second-order valence-electron chi connectivity index (χ2n) is 6.06. The number of nitrogens with two attached hydrogens (primary N) is 1. The number of hydrogen-bond acceptors (Lipinski definition) is 5. The molecule has 2 unspecified atom stereocenters. The van der Waals surface area contributed by atoms with Crippen LogP contribution in [0.25, 0.3) is 0 Å². The second kappa shape index (κ2) is 6.30. The van der Waals surface area contributed by atoms with Gasteiger partial charge in [-0.25, -0.2) is 0 Å². The second-order valence-corrected chi connectivity index (χ2v) is 8.15. The quantitative estimate of drug-likeness (QED) is 0.824. The van der Waals surface area contributed by atoms with Crippen molar-refractivity contribution in [2.75, 3.05) is 0 Å². The van der Waals surface area contributed by atoms with Crippen molar-refractivity contribution in [3.8, 4) is 6.07 Å². The summed E-state index contributed by atoms with van der Waals surface area (Å²) in [6.07, 6.45) is 1.50. The smallest absolute Gasteiger partial charge is 0.270 e. The van der Waals surface area contributed by atoms with Gasteiger partial charge in [0.05, 0.1) is 16.9 Å². The van der Waals surface area contributed by atoms with Crippen LogP contribution in [0.1, 0.15) is 50.2 Å². The lowest BCUT2D eigenvalue weighted by atomic mass is 9.84. The number of nitriles is 1. The van der Waals surface area contributed by atoms with E-state index in [0.717, 1.165) is 5.56 Å². The van der Waals surface area contributed by atoms with E-state index in [9.17, 15) is 13.2 Å². The predicted molar refractivity (Wildman–Crippen MR) is 84.8 cm³/mol. The molecule has 0 aliphatic heterocycles. The minimum absolute atomic E-state index is 0.263. The van der Waals surface area contributed by atoms with Crippen LogP contribution in [-0.4, -0.2) is 25.2 Å². The van der Waals surface area contributed by atoms with E-state index in [0.29, 0.717) is 18.4 Å². The van der Waals surface area contributed by atoms with Gasteiger partial charge in [0.25, 0.3) is 16.0 Å². The maximum absolute atomic E-state index is 12.2. The lowest BCUT2D eigenvalue weighted by Gasteiger charge is -2.32. The lowest BCUT2D eigenvalue weighted by molar-refractivity contribution is -0.134. The Balaban J connectivity index is 2.45.